The lowest BCUT2D eigenvalue weighted by molar-refractivity contribution is -0.136. The van der Waals surface area contributed by atoms with Crippen LogP contribution in [0.1, 0.15) is 53.9 Å². The second-order valence-corrected chi connectivity index (χ2v) is 7.83. The number of amides is 1. The van der Waals surface area contributed by atoms with Gasteiger partial charge in [-0.25, -0.2) is 9.78 Å². The Morgan fingerprint density at radius 2 is 2.00 bits per heavy atom. The summed E-state index contributed by atoms with van der Waals surface area (Å²) >= 11 is 0. The number of hydrogen-bond donors (Lipinski definition) is 0. The van der Waals surface area contributed by atoms with Gasteiger partial charge >= 0.3 is 5.69 Å². The van der Waals surface area contributed by atoms with Crippen LogP contribution in [0.5, 0.6) is 0 Å². The van der Waals surface area contributed by atoms with Crippen molar-refractivity contribution in [3.05, 3.63) is 81.7 Å². The first-order valence-electron chi connectivity index (χ1n) is 10.3. The van der Waals surface area contributed by atoms with Crippen molar-refractivity contribution in [3.8, 4) is 0 Å². The molecule has 0 radical (unpaired) electrons. The average molecular weight is 406 g/mol. The van der Waals surface area contributed by atoms with Crippen LogP contribution in [0.25, 0.3) is 0 Å². The predicted molar refractivity (Wildman–Crippen MR) is 112 cm³/mol. The van der Waals surface area contributed by atoms with Gasteiger partial charge in [0, 0.05) is 24.4 Å². The number of carbonyl (C=O) groups is 1. The summed E-state index contributed by atoms with van der Waals surface area (Å²) in [5.74, 6) is 1.24. The summed E-state index contributed by atoms with van der Waals surface area (Å²) < 4.78 is 7.46. The number of nitrogens with zero attached hydrogens (tertiary/aromatic N) is 4. The van der Waals surface area contributed by atoms with Crippen LogP contribution in [0.15, 0.2) is 51.8 Å². The van der Waals surface area contributed by atoms with E-state index < -0.39 is 5.69 Å². The minimum Gasteiger partial charge on any atom is -0.443 e. The highest BCUT2D eigenvalue weighted by atomic mass is 16.4. The Labute approximate surface area is 175 Å². The first-order chi connectivity index (χ1) is 14.5. The molecule has 1 saturated heterocycles. The molecule has 1 fully saturated rings. The first kappa shape index (κ1) is 20.1. The lowest BCUT2D eigenvalue weighted by atomic mass is 10.0. The van der Waals surface area contributed by atoms with E-state index in [-0.39, 0.29) is 18.5 Å². The molecule has 3 aromatic rings. The third-order valence-electron chi connectivity index (χ3n) is 5.54. The molecule has 1 aliphatic heterocycles. The first-order valence-corrected chi connectivity index (χ1v) is 10.3. The summed E-state index contributed by atoms with van der Waals surface area (Å²) in [5.41, 5.74) is 2.15. The molecule has 0 spiro atoms. The van der Waals surface area contributed by atoms with Gasteiger partial charge in [-0.2, -0.15) is 4.98 Å². The van der Waals surface area contributed by atoms with E-state index in [9.17, 15) is 9.59 Å². The van der Waals surface area contributed by atoms with Gasteiger partial charge in [0.25, 0.3) is 0 Å². The third-order valence-corrected chi connectivity index (χ3v) is 5.54. The van der Waals surface area contributed by atoms with Gasteiger partial charge in [-0.3, -0.25) is 9.36 Å². The van der Waals surface area contributed by atoms with E-state index >= 15 is 0 Å². The maximum Gasteiger partial charge on any atom is 0.348 e. The van der Waals surface area contributed by atoms with Gasteiger partial charge in [0.2, 0.25) is 11.8 Å². The zero-order valence-corrected chi connectivity index (χ0v) is 17.4. The molecule has 4 rings (SSSR count). The fourth-order valence-corrected chi connectivity index (χ4v) is 4.04. The molecule has 1 aliphatic rings. The topological polar surface area (TPSA) is 81.2 Å². The van der Waals surface area contributed by atoms with Gasteiger partial charge in [0.15, 0.2) is 0 Å². The Hall–Kier alpha value is -3.22. The molecular formula is C23H26N4O3. The van der Waals surface area contributed by atoms with Crippen molar-refractivity contribution in [1.29, 1.82) is 0 Å². The van der Waals surface area contributed by atoms with Crippen LogP contribution in [-0.4, -0.2) is 31.9 Å². The molecule has 0 bridgehead atoms. The molecule has 1 aromatic carbocycles. The number of benzene rings is 1. The van der Waals surface area contributed by atoms with E-state index in [2.05, 4.69) is 9.97 Å². The van der Waals surface area contributed by atoms with E-state index in [0.717, 1.165) is 36.3 Å². The van der Waals surface area contributed by atoms with Crippen molar-refractivity contribution >= 4 is 5.91 Å². The van der Waals surface area contributed by atoms with Crippen LogP contribution < -0.4 is 5.69 Å². The Bertz CT molecular complexity index is 1090. The van der Waals surface area contributed by atoms with Gasteiger partial charge < -0.3 is 9.32 Å². The van der Waals surface area contributed by atoms with Crippen LogP contribution in [0, 0.1) is 13.8 Å². The SMILES string of the molecule is Cc1cc(C)n(CC(=O)N2CCCC[C@H]2c2ncc(Cc3ccccc3)o2)c(=O)n1. The van der Waals surface area contributed by atoms with Crippen molar-refractivity contribution in [3.63, 3.8) is 0 Å². The van der Waals surface area contributed by atoms with Crippen LogP contribution >= 0.6 is 0 Å². The van der Waals surface area contributed by atoms with Gasteiger partial charge in [-0.1, -0.05) is 30.3 Å². The number of rotatable bonds is 5. The molecule has 156 valence electrons. The highest BCUT2D eigenvalue weighted by Gasteiger charge is 2.31. The van der Waals surface area contributed by atoms with Crippen molar-refractivity contribution in [2.24, 2.45) is 0 Å². The number of oxazole rings is 1. The van der Waals surface area contributed by atoms with E-state index in [1.54, 1.807) is 18.0 Å². The molecule has 7 nitrogen and oxygen atoms in total. The van der Waals surface area contributed by atoms with Crippen molar-refractivity contribution < 1.29 is 9.21 Å². The quantitative estimate of drug-likeness (QED) is 0.650. The number of piperidine rings is 1. The van der Waals surface area contributed by atoms with Crippen LogP contribution in [0.4, 0.5) is 0 Å². The van der Waals surface area contributed by atoms with Crippen LogP contribution in [0.3, 0.4) is 0 Å². The fraction of sp³-hybridized carbons (Fsp3) is 0.391. The lowest BCUT2D eigenvalue weighted by Crippen LogP contribution is -2.42. The Balaban J connectivity index is 1.52. The summed E-state index contributed by atoms with van der Waals surface area (Å²) in [6.07, 6.45) is 5.16. The zero-order valence-electron chi connectivity index (χ0n) is 17.4. The van der Waals surface area contributed by atoms with Crippen molar-refractivity contribution in [2.45, 2.75) is 52.1 Å². The number of hydrogen-bond acceptors (Lipinski definition) is 5. The maximum atomic E-state index is 13.1. The predicted octanol–water partition coefficient (Wildman–Crippen LogP) is 3.19. The highest BCUT2D eigenvalue weighted by Crippen LogP contribution is 2.31. The van der Waals surface area contributed by atoms with Gasteiger partial charge in [0.05, 0.1) is 6.20 Å². The number of likely N-dealkylation sites (tertiary alicyclic amines) is 1. The zero-order chi connectivity index (χ0) is 21.1. The standard InChI is InChI=1S/C23H26N4O3/c1-16-12-17(2)27(23(29)25-16)15-21(28)26-11-7-6-10-20(26)22-24-14-19(30-22)13-18-8-4-3-5-9-18/h3-5,8-9,12,14,20H,6-7,10-11,13,15H2,1-2H3/t20-/m0/s1. The fourth-order valence-electron chi connectivity index (χ4n) is 4.04. The Morgan fingerprint density at radius 3 is 2.77 bits per heavy atom. The molecule has 7 heteroatoms. The van der Waals surface area contributed by atoms with Gasteiger partial charge in [0.1, 0.15) is 18.3 Å². The van der Waals surface area contributed by atoms with Crippen molar-refractivity contribution in [2.75, 3.05) is 6.54 Å². The number of aromatic nitrogens is 3. The van der Waals surface area contributed by atoms with Crippen molar-refractivity contribution in [1.82, 2.24) is 19.4 Å². The summed E-state index contributed by atoms with van der Waals surface area (Å²) in [6, 6.07) is 11.7. The minimum absolute atomic E-state index is 0.0218. The summed E-state index contributed by atoms with van der Waals surface area (Å²) in [7, 11) is 0. The average Bonchev–Trinajstić information content (AvgIpc) is 3.19. The molecule has 0 aliphatic carbocycles. The molecular weight excluding hydrogens is 380 g/mol. The van der Waals surface area contributed by atoms with E-state index in [1.807, 2.05) is 43.3 Å². The normalized spacial score (nSPS) is 16.6. The van der Waals surface area contributed by atoms with E-state index in [1.165, 1.54) is 4.57 Å². The molecule has 30 heavy (non-hydrogen) atoms. The van der Waals surface area contributed by atoms with Gasteiger partial charge in [-0.15, -0.1) is 0 Å². The highest BCUT2D eigenvalue weighted by molar-refractivity contribution is 5.76. The van der Waals surface area contributed by atoms with Crippen LogP contribution in [-0.2, 0) is 17.8 Å². The lowest BCUT2D eigenvalue weighted by Gasteiger charge is -2.34. The summed E-state index contributed by atoms with van der Waals surface area (Å²) in [5, 5.41) is 0. The van der Waals surface area contributed by atoms with E-state index in [4.69, 9.17) is 4.42 Å². The molecule has 0 N–H and O–H groups in total. The minimum atomic E-state index is -0.393. The molecule has 0 saturated carbocycles. The largest absolute Gasteiger partial charge is 0.443 e. The molecule has 1 atom stereocenters. The summed E-state index contributed by atoms with van der Waals surface area (Å²) in [6.45, 7) is 4.21. The second-order valence-electron chi connectivity index (χ2n) is 7.83. The maximum absolute atomic E-state index is 13.1. The van der Waals surface area contributed by atoms with E-state index in [0.29, 0.717) is 24.6 Å². The van der Waals surface area contributed by atoms with Crippen LogP contribution in [0.2, 0.25) is 0 Å². The van der Waals surface area contributed by atoms with Gasteiger partial charge in [-0.05, 0) is 44.7 Å². The number of aryl methyl sites for hydroxylation is 2. The molecule has 2 aromatic heterocycles. The monoisotopic (exact) mass is 406 g/mol. The molecule has 0 unspecified atom stereocenters. The third kappa shape index (κ3) is 4.35. The molecule has 1 amide bonds. The Morgan fingerprint density at radius 1 is 1.20 bits per heavy atom. The number of carbonyl (C=O) groups excluding carboxylic acids is 1. The Kier molecular flexibility index (Phi) is 5.79. The summed E-state index contributed by atoms with van der Waals surface area (Å²) in [4.78, 5) is 35.6. The smallest absolute Gasteiger partial charge is 0.348 e. The molecule has 3 heterocycles. The second kappa shape index (κ2) is 8.65.